The van der Waals surface area contributed by atoms with Gasteiger partial charge in [-0.25, -0.2) is 10.2 Å². The van der Waals surface area contributed by atoms with Crippen molar-refractivity contribution >= 4 is 49.8 Å². The lowest BCUT2D eigenvalue weighted by atomic mass is 10.2. The van der Waals surface area contributed by atoms with E-state index in [1.165, 1.54) is 0 Å². The van der Waals surface area contributed by atoms with E-state index in [-0.39, 0.29) is 6.03 Å². The van der Waals surface area contributed by atoms with Gasteiger partial charge >= 0.3 is 6.03 Å². The number of anilines is 1. The standard InChI is InChI=1S/C21H20Br2N4O/c1-13-6-4-5-7-19(13)25-21(28)26-24-12-18-14(2)27(15(3)20(18)23)17-10-8-16(22)9-11-17/h4-12H,1-3H3,(H2,25,26,28)/b24-12+. The third-order valence-electron chi connectivity index (χ3n) is 4.45. The monoisotopic (exact) mass is 502 g/mol. The van der Waals surface area contributed by atoms with E-state index in [0.29, 0.717) is 0 Å². The Morgan fingerprint density at radius 2 is 1.68 bits per heavy atom. The van der Waals surface area contributed by atoms with Gasteiger partial charge in [0, 0.05) is 37.3 Å². The average Bonchev–Trinajstić information content (AvgIpc) is 2.88. The lowest BCUT2D eigenvalue weighted by molar-refractivity contribution is 0.252. The summed E-state index contributed by atoms with van der Waals surface area (Å²) in [6, 6.07) is 15.3. The molecule has 0 bridgehead atoms. The van der Waals surface area contributed by atoms with Crippen LogP contribution < -0.4 is 10.7 Å². The minimum Gasteiger partial charge on any atom is -0.317 e. The highest BCUT2D eigenvalue weighted by atomic mass is 79.9. The van der Waals surface area contributed by atoms with E-state index < -0.39 is 0 Å². The summed E-state index contributed by atoms with van der Waals surface area (Å²) in [7, 11) is 0. The molecule has 0 aliphatic carbocycles. The SMILES string of the molecule is Cc1ccccc1NC(=O)N/N=C/c1c(Br)c(C)n(-c2ccc(Br)cc2)c1C. The van der Waals surface area contributed by atoms with Gasteiger partial charge in [0.25, 0.3) is 0 Å². The zero-order chi connectivity index (χ0) is 20.3. The van der Waals surface area contributed by atoms with Gasteiger partial charge in [-0.15, -0.1) is 0 Å². The number of hydrogen-bond acceptors (Lipinski definition) is 2. The second-order valence-electron chi connectivity index (χ2n) is 6.35. The number of aromatic nitrogens is 1. The highest BCUT2D eigenvalue weighted by molar-refractivity contribution is 9.10. The van der Waals surface area contributed by atoms with Crippen LogP contribution in [-0.4, -0.2) is 16.8 Å². The van der Waals surface area contributed by atoms with Crippen LogP contribution in [0.15, 0.2) is 62.6 Å². The summed E-state index contributed by atoms with van der Waals surface area (Å²) in [5.74, 6) is 0. The summed E-state index contributed by atoms with van der Waals surface area (Å²) >= 11 is 7.11. The summed E-state index contributed by atoms with van der Waals surface area (Å²) in [5.41, 5.74) is 8.32. The molecule has 7 heteroatoms. The smallest absolute Gasteiger partial charge is 0.317 e. The zero-order valence-electron chi connectivity index (χ0n) is 15.8. The van der Waals surface area contributed by atoms with E-state index in [2.05, 4.69) is 52.3 Å². The fraction of sp³-hybridized carbons (Fsp3) is 0.143. The van der Waals surface area contributed by atoms with Crippen molar-refractivity contribution in [3.8, 4) is 5.69 Å². The first-order valence-electron chi connectivity index (χ1n) is 8.67. The Kier molecular flexibility index (Phi) is 6.36. The Balaban J connectivity index is 1.77. The summed E-state index contributed by atoms with van der Waals surface area (Å²) < 4.78 is 4.12. The van der Waals surface area contributed by atoms with Crippen LogP contribution in [0.25, 0.3) is 5.69 Å². The molecule has 0 spiro atoms. The number of hydrogen-bond donors (Lipinski definition) is 2. The molecular weight excluding hydrogens is 484 g/mol. The molecule has 0 aliphatic rings. The Labute approximate surface area is 181 Å². The molecule has 3 rings (SSSR count). The normalized spacial score (nSPS) is 11.0. The van der Waals surface area contributed by atoms with Gasteiger partial charge < -0.3 is 9.88 Å². The number of nitrogens with zero attached hydrogens (tertiary/aromatic N) is 2. The minimum atomic E-state index is -0.386. The molecule has 0 atom stereocenters. The molecule has 0 unspecified atom stereocenters. The predicted molar refractivity (Wildman–Crippen MR) is 122 cm³/mol. The van der Waals surface area contributed by atoms with Crippen molar-refractivity contribution in [2.24, 2.45) is 5.10 Å². The maximum absolute atomic E-state index is 12.1. The topological polar surface area (TPSA) is 58.4 Å². The van der Waals surface area contributed by atoms with Gasteiger partial charge in [-0.3, -0.25) is 0 Å². The number of benzene rings is 2. The molecule has 0 saturated carbocycles. The molecule has 144 valence electrons. The van der Waals surface area contributed by atoms with Crippen LogP contribution in [0.2, 0.25) is 0 Å². The maximum atomic E-state index is 12.1. The van der Waals surface area contributed by atoms with E-state index >= 15 is 0 Å². The van der Waals surface area contributed by atoms with Gasteiger partial charge in [0.15, 0.2) is 0 Å². The third-order valence-corrected chi connectivity index (χ3v) is 5.98. The third kappa shape index (κ3) is 4.36. The van der Waals surface area contributed by atoms with Crippen molar-refractivity contribution in [3.05, 3.63) is 80.0 Å². The number of halogens is 2. The van der Waals surface area contributed by atoms with Crippen LogP contribution in [0, 0.1) is 20.8 Å². The Bertz CT molecular complexity index is 1040. The van der Waals surface area contributed by atoms with Crippen molar-refractivity contribution in [2.75, 3.05) is 5.32 Å². The van der Waals surface area contributed by atoms with E-state index in [9.17, 15) is 4.79 Å². The van der Waals surface area contributed by atoms with Crippen LogP contribution >= 0.6 is 31.9 Å². The molecule has 1 heterocycles. The summed E-state index contributed by atoms with van der Waals surface area (Å²) in [6.45, 7) is 6.00. The first kappa shape index (κ1) is 20.4. The lowest BCUT2D eigenvalue weighted by Crippen LogP contribution is -2.24. The van der Waals surface area contributed by atoms with Crippen molar-refractivity contribution in [3.63, 3.8) is 0 Å². The van der Waals surface area contributed by atoms with Crippen molar-refractivity contribution < 1.29 is 4.79 Å². The van der Waals surface area contributed by atoms with E-state index in [4.69, 9.17) is 0 Å². The lowest BCUT2D eigenvalue weighted by Gasteiger charge is -2.09. The highest BCUT2D eigenvalue weighted by Gasteiger charge is 2.15. The maximum Gasteiger partial charge on any atom is 0.339 e. The number of rotatable bonds is 4. The molecule has 1 aromatic heterocycles. The second-order valence-corrected chi connectivity index (χ2v) is 8.06. The Hall–Kier alpha value is -2.38. The summed E-state index contributed by atoms with van der Waals surface area (Å²) in [6.07, 6.45) is 1.65. The fourth-order valence-electron chi connectivity index (χ4n) is 2.97. The molecule has 0 radical (unpaired) electrons. The summed E-state index contributed by atoms with van der Waals surface area (Å²) in [5, 5.41) is 6.90. The molecule has 2 amide bonds. The number of para-hydroxylation sites is 1. The molecule has 2 N–H and O–H groups in total. The first-order chi connectivity index (χ1) is 13.4. The van der Waals surface area contributed by atoms with Crippen LogP contribution in [-0.2, 0) is 0 Å². The van der Waals surface area contributed by atoms with Gasteiger partial charge in [-0.05, 0) is 72.6 Å². The van der Waals surface area contributed by atoms with E-state index in [1.807, 2.05) is 69.3 Å². The summed E-state index contributed by atoms with van der Waals surface area (Å²) in [4.78, 5) is 12.1. The van der Waals surface area contributed by atoms with Crippen molar-refractivity contribution in [1.82, 2.24) is 9.99 Å². The van der Waals surface area contributed by atoms with Gasteiger partial charge in [-0.2, -0.15) is 5.10 Å². The van der Waals surface area contributed by atoms with Crippen LogP contribution in [0.4, 0.5) is 10.5 Å². The molecule has 28 heavy (non-hydrogen) atoms. The highest BCUT2D eigenvalue weighted by Crippen LogP contribution is 2.30. The second kappa shape index (κ2) is 8.75. The fourth-order valence-corrected chi connectivity index (χ4v) is 3.80. The molecule has 5 nitrogen and oxygen atoms in total. The van der Waals surface area contributed by atoms with E-state index in [1.54, 1.807) is 6.21 Å². The Morgan fingerprint density at radius 1 is 1.00 bits per heavy atom. The van der Waals surface area contributed by atoms with Crippen molar-refractivity contribution in [2.45, 2.75) is 20.8 Å². The van der Waals surface area contributed by atoms with Crippen LogP contribution in [0.1, 0.15) is 22.5 Å². The number of carbonyl (C=O) groups is 1. The van der Waals surface area contributed by atoms with E-state index in [0.717, 1.165) is 42.8 Å². The molecule has 2 aromatic carbocycles. The molecule has 3 aromatic rings. The van der Waals surface area contributed by atoms with Crippen molar-refractivity contribution in [1.29, 1.82) is 0 Å². The quantitative estimate of drug-likeness (QED) is 0.328. The number of urea groups is 1. The molecule has 0 saturated heterocycles. The first-order valence-corrected chi connectivity index (χ1v) is 10.3. The van der Waals surface area contributed by atoms with Gasteiger partial charge in [0.05, 0.1) is 6.21 Å². The number of aryl methyl sites for hydroxylation is 1. The Morgan fingerprint density at radius 3 is 2.36 bits per heavy atom. The predicted octanol–water partition coefficient (Wildman–Crippen LogP) is 6.08. The zero-order valence-corrected chi connectivity index (χ0v) is 18.9. The number of nitrogens with one attached hydrogen (secondary N) is 2. The average molecular weight is 504 g/mol. The van der Waals surface area contributed by atoms with Gasteiger partial charge in [0.1, 0.15) is 0 Å². The minimum absolute atomic E-state index is 0.386. The number of hydrazone groups is 1. The molecule has 0 aliphatic heterocycles. The molecular formula is C21H20Br2N4O. The van der Waals surface area contributed by atoms with Gasteiger partial charge in [-0.1, -0.05) is 34.1 Å². The number of amides is 2. The largest absolute Gasteiger partial charge is 0.339 e. The van der Waals surface area contributed by atoms with Crippen LogP contribution in [0.5, 0.6) is 0 Å². The van der Waals surface area contributed by atoms with Crippen LogP contribution in [0.3, 0.4) is 0 Å². The molecule has 0 fully saturated rings. The number of carbonyl (C=O) groups excluding carboxylic acids is 1. The van der Waals surface area contributed by atoms with Gasteiger partial charge in [0.2, 0.25) is 0 Å².